The molecule has 1 aromatic heterocycles. The molecule has 0 saturated carbocycles. The number of nitrogens with zero attached hydrogens (tertiary/aromatic N) is 2. The number of methoxy groups -OCH3 is 2. The summed E-state index contributed by atoms with van der Waals surface area (Å²) in [6, 6.07) is 5.46. The van der Waals surface area contributed by atoms with Crippen LogP contribution >= 0.6 is 11.3 Å². The maximum atomic E-state index is 12.0. The molecular weight excluding hydrogens is 344 g/mol. The number of rotatable bonds is 6. The van der Waals surface area contributed by atoms with E-state index in [9.17, 15) is 18.5 Å². The zero-order chi connectivity index (χ0) is 17.0. The van der Waals surface area contributed by atoms with Crippen molar-refractivity contribution in [2.45, 2.75) is 4.21 Å². The summed E-state index contributed by atoms with van der Waals surface area (Å²) in [4.78, 5) is 10.4. The van der Waals surface area contributed by atoms with Gasteiger partial charge in [0.1, 0.15) is 9.96 Å². The Hall–Kier alpha value is -2.46. The number of hydrogen-bond acceptors (Lipinski definition) is 7. The summed E-state index contributed by atoms with van der Waals surface area (Å²) in [7, 11) is -1.22. The summed E-state index contributed by atoms with van der Waals surface area (Å²) in [5, 5.41) is 12.7. The first-order valence-corrected chi connectivity index (χ1v) is 8.45. The quantitative estimate of drug-likeness (QED) is 0.447. The van der Waals surface area contributed by atoms with Crippen molar-refractivity contribution in [1.29, 1.82) is 0 Å². The summed E-state index contributed by atoms with van der Waals surface area (Å²) < 4.78 is 37.7. The van der Waals surface area contributed by atoms with Gasteiger partial charge in [0.05, 0.1) is 25.4 Å². The first-order valence-electron chi connectivity index (χ1n) is 6.13. The number of thiophene rings is 1. The van der Waals surface area contributed by atoms with Gasteiger partial charge in [-0.15, -0.1) is 11.3 Å². The molecule has 0 aliphatic carbocycles. The van der Waals surface area contributed by atoms with E-state index in [2.05, 4.69) is 4.40 Å². The minimum absolute atomic E-state index is 0.00474. The third kappa shape index (κ3) is 3.66. The fourth-order valence-electron chi connectivity index (χ4n) is 1.74. The molecule has 1 aromatic carbocycles. The first kappa shape index (κ1) is 16.9. The lowest BCUT2D eigenvalue weighted by molar-refractivity contribution is -0.385. The fourth-order valence-corrected chi connectivity index (χ4v) is 3.58. The summed E-state index contributed by atoms with van der Waals surface area (Å²) in [5.41, 5.74) is -0.164. The molecule has 0 saturated heterocycles. The molecule has 2 aromatic rings. The Morgan fingerprint density at radius 3 is 2.48 bits per heavy atom. The number of nitro benzene ring substituents is 1. The number of ether oxygens (including phenoxy) is 2. The van der Waals surface area contributed by atoms with Gasteiger partial charge in [-0.3, -0.25) is 10.1 Å². The Morgan fingerprint density at radius 2 is 1.96 bits per heavy atom. The minimum Gasteiger partial charge on any atom is -0.496 e. The molecule has 0 fully saturated rings. The second kappa shape index (κ2) is 6.75. The molecule has 0 spiro atoms. The second-order valence-electron chi connectivity index (χ2n) is 4.16. The van der Waals surface area contributed by atoms with Crippen LogP contribution < -0.4 is 9.47 Å². The van der Waals surface area contributed by atoms with Crippen molar-refractivity contribution in [3.63, 3.8) is 0 Å². The Labute approximate surface area is 136 Å². The lowest BCUT2D eigenvalue weighted by Gasteiger charge is -2.08. The molecule has 0 bridgehead atoms. The molecule has 0 aliphatic rings. The number of sulfonamides is 1. The van der Waals surface area contributed by atoms with Crippen LogP contribution in [0.25, 0.3) is 0 Å². The monoisotopic (exact) mass is 356 g/mol. The SMILES string of the molecule is COc1cc(OC)c([N+](=O)[O-])cc1/C=N\S(=O)(=O)c1cccs1. The van der Waals surface area contributed by atoms with Crippen molar-refractivity contribution in [2.75, 3.05) is 14.2 Å². The van der Waals surface area contributed by atoms with Gasteiger partial charge in [0.2, 0.25) is 5.75 Å². The molecule has 122 valence electrons. The Morgan fingerprint density at radius 1 is 1.26 bits per heavy atom. The maximum Gasteiger partial charge on any atom is 0.311 e. The van der Waals surface area contributed by atoms with E-state index in [1.165, 1.54) is 26.4 Å². The van der Waals surface area contributed by atoms with Gasteiger partial charge in [-0.2, -0.15) is 12.8 Å². The molecule has 10 heteroatoms. The number of nitro groups is 1. The van der Waals surface area contributed by atoms with E-state index in [0.717, 1.165) is 23.6 Å². The van der Waals surface area contributed by atoms with E-state index in [-0.39, 0.29) is 27.0 Å². The van der Waals surface area contributed by atoms with Gasteiger partial charge < -0.3 is 9.47 Å². The summed E-state index contributed by atoms with van der Waals surface area (Å²) in [6.07, 6.45) is 1.01. The highest BCUT2D eigenvalue weighted by Gasteiger charge is 2.20. The van der Waals surface area contributed by atoms with Gasteiger partial charge >= 0.3 is 5.69 Å². The van der Waals surface area contributed by atoms with Gasteiger partial charge in [-0.05, 0) is 11.4 Å². The van der Waals surface area contributed by atoms with Crippen molar-refractivity contribution < 1.29 is 22.8 Å². The van der Waals surface area contributed by atoms with Gasteiger partial charge in [0, 0.05) is 17.7 Å². The third-order valence-corrected chi connectivity index (χ3v) is 5.42. The molecule has 23 heavy (non-hydrogen) atoms. The Bertz CT molecular complexity index is 844. The first-order chi connectivity index (χ1) is 10.9. The Kier molecular flexibility index (Phi) is 4.96. The zero-order valence-electron chi connectivity index (χ0n) is 12.1. The van der Waals surface area contributed by atoms with Crippen LogP contribution in [0.3, 0.4) is 0 Å². The highest BCUT2D eigenvalue weighted by atomic mass is 32.2. The van der Waals surface area contributed by atoms with Crippen LogP contribution in [0, 0.1) is 10.1 Å². The maximum absolute atomic E-state index is 12.0. The van der Waals surface area contributed by atoms with Crippen LogP contribution in [0.1, 0.15) is 5.56 Å². The summed E-state index contributed by atoms with van der Waals surface area (Å²) >= 11 is 1.03. The van der Waals surface area contributed by atoms with Crippen LogP contribution in [0.2, 0.25) is 0 Å². The van der Waals surface area contributed by atoms with E-state index < -0.39 is 14.9 Å². The van der Waals surface area contributed by atoms with Gasteiger partial charge in [0.15, 0.2) is 0 Å². The van der Waals surface area contributed by atoms with Crippen molar-refractivity contribution in [1.82, 2.24) is 0 Å². The van der Waals surface area contributed by atoms with E-state index in [0.29, 0.717) is 0 Å². The molecule has 0 radical (unpaired) electrons. The molecule has 0 atom stereocenters. The minimum atomic E-state index is -3.86. The van der Waals surface area contributed by atoms with Crippen molar-refractivity contribution in [3.8, 4) is 11.5 Å². The summed E-state index contributed by atoms with van der Waals surface area (Å²) in [5.74, 6) is 0.211. The fraction of sp³-hybridized carbons (Fsp3) is 0.154. The van der Waals surface area contributed by atoms with Gasteiger partial charge in [0.25, 0.3) is 10.0 Å². The van der Waals surface area contributed by atoms with Crippen LogP contribution in [0.15, 0.2) is 38.3 Å². The molecule has 2 rings (SSSR count). The average Bonchev–Trinajstić information content (AvgIpc) is 3.07. The average molecular weight is 356 g/mol. The van der Waals surface area contributed by atoms with E-state index >= 15 is 0 Å². The lowest BCUT2D eigenvalue weighted by atomic mass is 10.2. The van der Waals surface area contributed by atoms with Crippen molar-refractivity contribution >= 4 is 33.3 Å². The molecule has 8 nitrogen and oxygen atoms in total. The predicted octanol–water partition coefficient (Wildman–Crippen LogP) is 2.48. The van der Waals surface area contributed by atoms with Crippen LogP contribution in [0.4, 0.5) is 5.69 Å². The van der Waals surface area contributed by atoms with E-state index in [1.807, 2.05) is 0 Å². The smallest absolute Gasteiger partial charge is 0.311 e. The van der Waals surface area contributed by atoms with Crippen LogP contribution in [0.5, 0.6) is 11.5 Å². The molecule has 0 amide bonds. The highest BCUT2D eigenvalue weighted by molar-refractivity contribution is 7.92. The molecule has 0 aliphatic heterocycles. The van der Waals surface area contributed by atoms with Crippen molar-refractivity contribution in [2.24, 2.45) is 4.40 Å². The highest BCUT2D eigenvalue weighted by Crippen LogP contribution is 2.33. The van der Waals surface area contributed by atoms with Gasteiger partial charge in [-0.25, -0.2) is 0 Å². The van der Waals surface area contributed by atoms with Crippen molar-refractivity contribution in [3.05, 3.63) is 45.3 Å². The molecular formula is C13H12N2O6S2. The van der Waals surface area contributed by atoms with Gasteiger partial charge in [-0.1, -0.05) is 6.07 Å². The normalized spacial score (nSPS) is 11.6. The Balaban J connectivity index is 2.49. The molecule has 1 heterocycles. The lowest BCUT2D eigenvalue weighted by Crippen LogP contribution is -2.00. The molecule has 0 unspecified atom stereocenters. The second-order valence-corrected chi connectivity index (χ2v) is 6.97. The number of hydrogen-bond donors (Lipinski definition) is 0. The van der Waals surface area contributed by atoms with E-state index in [4.69, 9.17) is 9.47 Å². The predicted molar refractivity (Wildman–Crippen MR) is 85.3 cm³/mol. The third-order valence-electron chi connectivity index (χ3n) is 2.81. The molecule has 0 N–H and O–H groups in total. The zero-order valence-corrected chi connectivity index (χ0v) is 13.8. The topological polar surface area (TPSA) is 108 Å². The van der Waals surface area contributed by atoms with Crippen LogP contribution in [-0.2, 0) is 10.0 Å². The largest absolute Gasteiger partial charge is 0.496 e. The standard InChI is InChI=1S/C13H12N2O6S2/c1-20-11-7-12(21-2)10(15(16)17)6-9(11)8-14-23(18,19)13-4-3-5-22-13/h3-8H,1-2H3/b14-8-. The summed E-state index contributed by atoms with van der Waals surface area (Å²) in [6.45, 7) is 0. The van der Waals surface area contributed by atoms with Crippen LogP contribution in [-0.4, -0.2) is 33.8 Å². The number of benzene rings is 1. The van der Waals surface area contributed by atoms with E-state index in [1.54, 1.807) is 11.4 Å².